The summed E-state index contributed by atoms with van der Waals surface area (Å²) in [6, 6.07) is 13.2. The molecular weight excluding hydrogens is 255 g/mol. The average Bonchev–Trinajstić information content (AvgIpc) is 2.45. The normalized spacial score (nSPS) is 10.8. The molecule has 0 aliphatic carbocycles. The van der Waals surface area contributed by atoms with Crippen LogP contribution < -0.4 is 11.3 Å². The van der Waals surface area contributed by atoms with Crippen molar-refractivity contribution in [2.24, 2.45) is 0 Å². The van der Waals surface area contributed by atoms with Crippen molar-refractivity contribution in [2.45, 2.75) is 6.54 Å². The zero-order valence-electron chi connectivity index (χ0n) is 10.7. The molecule has 0 saturated heterocycles. The number of hydrogen-bond donors (Lipinski definition) is 1. The van der Waals surface area contributed by atoms with Crippen molar-refractivity contribution in [3.05, 3.63) is 76.5 Å². The summed E-state index contributed by atoms with van der Waals surface area (Å²) in [4.78, 5) is 12.4. The number of nitrogens with two attached hydrogens (primary N) is 1. The zero-order chi connectivity index (χ0) is 14.1. The molecule has 20 heavy (non-hydrogen) atoms. The van der Waals surface area contributed by atoms with E-state index in [1.165, 1.54) is 12.1 Å². The molecule has 0 spiro atoms. The van der Waals surface area contributed by atoms with Gasteiger partial charge in [0.05, 0.1) is 6.54 Å². The Hall–Kier alpha value is -2.62. The third-order valence-corrected chi connectivity index (χ3v) is 3.32. The second kappa shape index (κ2) is 4.81. The maximum atomic E-state index is 12.9. The van der Waals surface area contributed by atoms with Gasteiger partial charge in [0.2, 0.25) is 0 Å². The molecule has 0 fully saturated rings. The standard InChI is InChI=1S/C16H13FN2O/c17-12-6-4-11(5-7-12)10-19-9-8-13-14(16(19)20)2-1-3-15(13)18/h1-9H,10,18H2. The molecular formula is C16H13FN2O. The minimum Gasteiger partial charge on any atom is -0.398 e. The van der Waals surface area contributed by atoms with Crippen molar-refractivity contribution < 1.29 is 4.39 Å². The van der Waals surface area contributed by atoms with Gasteiger partial charge in [-0.2, -0.15) is 0 Å². The fourth-order valence-corrected chi connectivity index (χ4v) is 2.25. The molecule has 0 aliphatic heterocycles. The summed E-state index contributed by atoms with van der Waals surface area (Å²) in [5, 5.41) is 1.35. The van der Waals surface area contributed by atoms with Gasteiger partial charge >= 0.3 is 0 Å². The van der Waals surface area contributed by atoms with Crippen molar-refractivity contribution in [3.8, 4) is 0 Å². The fraction of sp³-hybridized carbons (Fsp3) is 0.0625. The molecule has 1 heterocycles. The Balaban J connectivity index is 2.07. The van der Waals surface area contributed by atoms with Crippen molar-refractivity contribution in [3.63, 3.8) is 0 Å². The first-order valence-electron chi connectivity index (χ1n) is 6.27. The van der Waals surface area contributed by atoms with Crippen LogP contribution in [0.2, 0.25) is 0 Å². The molecule has 3 rings (SSSR count). The maximum absolute atomic E-state index is 12.9. The van der Waals surface area contributed by atoms with E-state index in [-0.39, 0.29) is 11.4 Å². The van der Waals surface area contributed by atoms with Crippen LogP contribution in [0, 0.1) is 5.82 Å². The monoisotopic (exact) mass is 268 g/mol. The number of hydrogen-bond acceptors (Lipinski definition) is 2. The summed E-state index contributed by atoms with van der Waals surface area (Å²) in [6.45, 7) is 0.407. The number of halogens is 1. The van der Waals surface area contributed by atoms with Gasteiger partial charge < -0.3 is 10.3 Å². The highest BCUT2D eigenvalue weighted by Crippen LogP contribution is 2.17. The van der Waals surface area contributed by atoms with Gasteiger partial charge in [-0.3, -0.25) is 4.79 Å². The quantitative estimate of drug-likeness (QED) is 0.726. The molecule has 3 nitrogen and oxygen atoms in total. The maximum Gasteiger partial charge on any atom is 0.258 e. The Labute approximate surface area is 115 Å². The number of fused-ring (bicyclic) bond motifs is 1. The highest BCUT2D eigenvalue weighted by molar-refractivity contribution is 5.91. The molecule has 0 aliphatic rings. The number of benzene rings is 2. The number of rotatable bonds is 2. The number of pyridine rings is 1. The van der Waals surface area contributed by atoms with E-state index in [0.29, 0.717) is 17.6 Å². The SMILES string of the molecule is Nc1cccc2c(=O)n(Cc3ccc(F)cc3)ccc12. The smallest absolute Gasteiger partial charge is 0.258 e. The van der Waals surface area contributed by atoms with E-state index >= 15 is 0 Å². The zero-order valence-corrected chi connectivity index (χ0v) is 10.7. The van der Waals surface area contributed by atoms with Gasteiger partial charge in [0, 0.05) is 22.7 Å². The van der Waals surface area contributed by atoms with Crippen molar-refractivity contribution >= 4 is 16.5 Å². The Morgan fingerprint density at radius 1 is 1.00 bits per heavy atom. The molecule has 2 aromatic carbocycles. The topological polar surface area (TPSA) is 48.0 Å². The lowest BCUT2D eigenvalue weighted by Gasteiger charge is -2.08. The lowest BCUT2D eigenvalue weighted by molar-refractivity contribution is 0.626. The van der Waals surface area contributed by atoms with Crippen LogP contribution in [0.5, 0.6) is 0 Å². The third-order valence-electron chi connectivity index (χ3n) is 3.32. The van der Waals surface area contributed by atoms with Gasteiger partial charge in [-0.1, -0.05) is 18.2 Å². The minimum absolute atomic E-state index is 0.0980. The lowest BCUT2D eigenvalue weighted by Crippen LogP contribution is -2.20. The average molecular weight is 268 g/mol. The Morgan fingerprint density at radius 2 is 1.75 bits per heavy atom. The molecule has 0 unspecified atom stereocenters. The molecule has 0 bridgehead atoms. The second-order valence-electron chi connectivity index (χ2n) is 4.68. The van der Waals surface area contributed by atoms with Gasteiger partial charge in [-0.05, 0) is 35.9 Å². The number of nitrogens with zero attached hydrogens (tertiary/aromatic N) is 1. The first-order valence-corrected chi connectivity index (χ1v) is 6.27. The summed E-state index contributed by atoms with van der Waals surface area (Å²) in [7, 11) is 0. The number of nitrogen functional groups attached to an aromatic ring is 1. The van der Waals surface area contributed by atoms with Crippen molar-refractivity contribution in [1.82, 2.24) is 4.57 Å². The third kappa shape index (κ3) is 2.16. The van der Waals surface area contributed by atoms with Crippen LogP contribution >= 0.6 is 0 Å². The van der Waals surface area contributed by atoms with Crippen LogP contribution in [0.4, 0.5) is 10.1 Å². The van der Waals surface area contributed by atoms with E-state index in [1.54, 1.807) is 41.1 Å². The van der Waals surface area contributed by atoms with Gasteiger partial charge in [0.1, 0.15) is 5.82 Å². The highest BCUT2D eigenvalue weighted by atomic mass is 19.1. The van der Waals surface area contributed by atoms with Crippen molar-refractivity contribution in [1.29, 1.82) is 0 Å². The molecule has 0 saturated carbocycles. The lowest BCUT2D eigenvalue weighted by atomic mass is 10.1. The van der Waals surface area contributed by atoms with Crippen LogP contribution in [0.3, 0.4) is 0 Å². The van der Waals surface area contributed by atoms with E-state index in [4.69, 9.17) is 5.73 Å². The van der Waals surface area contributed by atoms with Crippen LogP contribution in [0.15, 0.2) is 59.5 Å². The molecule has 100 valence electrons. The minimum atomic E-state index is -0.285. The van der Waals surface area contributed by atoms with Gasteiger partial charge in [-0.15, -0.1) is 0 Å². The summed E-state index contributed by atoms with van der Waals surface area (Å²) in [5.41, 5.74) is 7.22. The largest absolute Gasteiger partial charge is 0.398 e. The first-order chi connectivity index (χ1) is 9.65. The Bertz CT molecular complexity index is 822. The number of aromatic nitrogens is 1. The van der Waals surface area contributed by atoms with Crippen molar-refractivity contribution in [2.75, 3.05) is 5.73 Å². The molecule has 3 aromatic rings. The molecule has 2 N–H and O–H groups in total. The summed E-state index contributed by atoms with van der Waals surface area (Å²) < 4.78 is 14.5. The summed E-state index contributed by atoms with van der Waals surface area (Å²) in [6.07, 6.45) is 1.71. The van der Waals surface area contributed by atoms with E-state index in [0.717, 1.165) is 10.9 Å². The van der Waals surface area contributed by atoms with Crippen LogP contribution in [0.1, 0.15) is 5.56 Å². The van der Waals surface area contributed by atoms with Gasteiger partial charge in [-0.25, -0.2) is 4.39 Å². The van der Waals surface area contributed by atoms with E-state index < -0.39 is 0 Å². The number of anilines is 1. The molecule has 0 radical (unpaired) electrons. The van der Waals surface area contributed by atoms with E-state index in [1.807, 2.05) is 6.07 Å². The van der Waals surface area contributed by atoms with Gasteiger partial charge in [0.25, 0.3) is 5.56 Å². The summed E-state index contributed by atoms with van der Waals surface area (Å²) >= 11 is 0. The van der Waals surface area contributed by atoms with Crippen LogP contribution in [0.25, 0.3) is 10.8 Å². The highest BCUT2D eigenvalue weighted by Gasteiger charge is 2.05. The molecule has 0 amide bonds. The first kappa shape index (κ1) is 12.4. The Morgan fingerprint density at radius 3 is 2.50 bits per heavy atom. The van der Waals surface area contributed by atoms with Gasteiger partial charge in [0.15, 0.2) is 0 Å². The molecule has 1 aromatic heterocycles. The molecule has 4 heteroatoms. The fourth-order valence-electron chi connectivity index (χ4n) is 2.25. The summed E-state index contributed by atoms with van der Waals surface area (Å²) in [5.74, 6) is -0.285. The Kier molecular flexibility index (Phi) is 2.99. The molecule has 0 atom stereocenters. The van der Waals surface area contributed by atoms with E-state index in [2.05, 4.69) is 0 Å². The van der Waals surface area contributed by atoms with Crippen LogP contribution in [-0.4, -0.2) is 4.57 Å². The second-order valence-corrected chi connectivity index (χ2v) is 4.68. The predicted molar refractivity (Wildman–Crippen MR) is 78.1 cm³/mol. The van der Waals surface area contributed by atoms with E-state index in [9.17, 15) is 9.18 Å². The van der Waals surface area contributed by atoms with Crippen LogP contribution in [-0.2, 0) is 6.54 Å². The predicted octanol–water partition coefficient (Wildman–Crippen LogP) is 2.77.